The molecule has 0 aliphatic carbocycles. The average Bonchev–Trinajstić information content (AvgIpc) is 3.34. The first kappa shape index (κ1) is 22.7. The van der Waals surface area contributed by atoms with E-state index >= 15 is 0 Å². The van der Waals surface area contributed by atoms with Crippen LogP contribution in [0.4, 0.5) is 5.69 Å². The van der Waals surface area contributed by atoms with Gasteiger partial charge in [-0.1, -0.05) is 50.2 Å². The number of hydrogen-bond acceptors (Lipinski definition) is 5. The van der Waals surface area contributed by atoms with E-state index in [1.807, 2.05) is 40.6 Å². The number of esters is 1. The van der Waals surface area contributed by atoms with Crippen molar-refractivity contribution in [2.45, 2.75) is 25.8 Å². The standard InChI is InChI=1S/C26H26N2O4S/c1-16(2)15-28-23(21-13-8-14-33-21)22(17-9-4-5-10-18(17)25(28)30)24(29)27-20-12-7-6-11-19(20)26(31)32-3/h4-14,16,22-23H,15H2,1-3H3,(H,27,29)/t22-,23-/m1/s1. The van der Waals surface area contributed by atoms with Gasteiger partial charge in [0, 0.05) is 17.0 Å². The van der Waals surface area contributed by atoms with Crippen LogP contribution in [-0.4, -0.2) is 36.3 Å². The van der Waals surface area contributed by atoms with E-state index in [1.54, 1.807) is 30.3 Å². The molecule has 2 amide bonds. The van der Waals surface area contributed by atoms with Crippen molar-refractivity contribution in [2.24, 2.45) is 5.92 Å². The van der Waals surface area contributed by atoms with Gasteiger partial charge in [-0.15, -0.1) is 11.3 Å². The molecule has 0 unspecified atom stereocenters. The number of carbonyl (C=O) groups is 3. The van der Waals surface area contributed by atoms with Crippen LogP contribution in [0.2, 0.25) is 0 Å². The molecule has 0 fully saturated rings. The summed E-state index contributed by atoms with van der Waals surface area (Å²) in [6.07, 6.45) is 0. The van der Waals surface area contributed by atoms with Gasteiger partial charge in [0.25, 0.3) is 5.91 Å². The van der Waals surface area contributed by atoms with Crippen molar-refractivity contribution in [3.8, 4) is 0 Å². The summed E-state index contributed by atoms with van der Waals surface area (Å²) in [7, 11) is 1.31. The highest BCUT2D eigenvalue weighted by Crippen LogP contribution is 2.45. The summed E-state index contributed by atoms with van der Waals surface area (Å²) in [6.45, 7) is 4.64. The molecule has 6 nitrogen and oxygen atoms in total. The molecule has 1 aromatic heterocycles. The number of nitrogens with one attached hydrogen (secondary N) is 1. The monoisotopic (exact) mass is 462 g/mol. The Hall–Kier alpha value is -3.45. The third kappa shape index (κ3) is 4.41. The van der Waals surface area contributed by atoms with E-state index in [-0.39, 0.29) is 23.3 Å². The summed E-state index contributed by atoms with van der Waals surface area (Å²) in [5, 5.41) is 4.90. The molecule has 0 radical (unpaired) electrons. The van der Waals surface area contributed by atoms with Crippen molar-refractivity contribution in [2.75, 3.05) is 19.0 Å². The minimum atomic E-state index is -0.637. The normalized spacial score (nSPS) is 17.6. The zero-order chi connectivity index (χ0) is 23.5. The molecule has 7 heteroatoms. The minimum Gasteiger partial charge on any atom is -0.465 e. The van der Waals surface area contributed by atoms with Gasteiger partial charge in [0.2, 0.25) is 5.91 Å². The van der Waals surface area contributed by atoms with E-state index in [4.69, 9.17) is 4.74 Å². The third-order valence-corrected chi connectivity index (χ3v) is 6.65. The van der Waals surface area contributed by atoms with Crippen LogP contribution < -0.4 is 5.32 Å². The molecule has 0 saturated heterocycles. The van der Waals surface area contributed by atoms with Gasteiger partial charge >= 0.3 is 5.97 Å². The zero-order valence-corrected chi connectivity index (χ0v) is 19.6. The largest absolute Gasteiger partial charge is 0.465 e. The second-order valence-corrected chi connectivity index (χ2v) is 9.38. The Balaban J connectivity index is 1.82. The fourth-order valence-corrected chi connectivity index (χ4v) is 5.21. The van der Waals surface area contributed by atoms with E-state index in [9.17, 15) is 14.4 Å². The molecule has 2 aromatic carbocycles. The molecular weight excluding hydrogens is 436 g/mol. The average molecular weight is 463 g/mol. The molecule has 0 saturated carbocycles. The maximum Gasteiger partial charge on any atom is 0.339 e. The first-order valence-electron chi connectivity index (χ1n) is 10.8. The predicted molar refractivity (Wildman–Crippen MR) is 129 cm³/mol. The summed E-state index contributed by atoms with van der Waals surface area (Å²) in [5.41, 5.74) is 1.88. The third-order valence-electron chi connectivity index (χ3n) is 5.71. The van der Waals surface area contributed by atoms with Crippen molar-refractivity contribution < 1.29 is 19.1 Å². The molecule has 170 valence electrons. The van der Waals surface area contributed by atoms with Gasteiger partial charge in [-0.2, -0.15) is 0 Å². The second-order valence-electron chi connectivity index (χ2n) is 8.40. The highest BCUT2D eigenvalue weighted by Gasteiger charge is 2.44. The number of hydrogen-bond donors (Lipinski definition) is 1. The first-order valence-corrected chi connectivity index (χ1v) is 11.7. The van der Waals surface area contributed by atoms with Crippen molar-refractivity contribution in [1.29, 1.82) is 0 Å². The predicted octanol–water partition coefficient (Wildman–Crippen LogP) is 5.11. The molecule has 1 aliphatic heterocycles. The Morgan fingerprint density at radius 3 is 2.48 bits per heavy atom. The number of methoxy groups -OCH3 is 1. The number of ether oxygens (including phenoxy) is 1. The lowest BCUT2D eigenvalue weighted by Gasteiger charge is -2.42. The minimum absolute atomic E-state index is 0.0725. The molecular formula is C26H26N2O4S. The topological polar surface area (TPSA) is 75.7 Å². The van der Waals surface area contributed by atoms with Gasteiger partial charge in [-0.25, -0.2) is 4.79 Å². The van der Waals surface area contributed by atoms with Crippen LogP contribution in [0.5, 0.6) is 0 Å². The maximum absolute atomic E-state index is 13.8. The Labute approximate surface area is 197 Å². The Morgan fingerprint density at radius 2 is 1.79 bits per heavy atom. The van der Waals surface area contributed by atoms with Crippen LogP contribution in [0.1, 0.15) is 57.0 Å². The SMILES string of the molecule is COC(=O)c1ccccc1NC(=O)[C@@H]1c2ccccc2C(=O)N(CC(C)C)[C@@H]1c1cccs1. The Kier molecular flexibility index (Phi) is 6.60. The van der Waals surface area contributed by atoms with Crippen LogP contribution in [0, 0.1) is 5.92 Å². The zero-order valence-electron chi connectivity index (χ0n) is 18.8. The van der Waals surface area contributed by atoms with Gasteiger partial charge in [-0.3, -0.25) is 9.59 Å². The summed E-state index contributed by atoms with van der Waals surface area (Å²) >= 11 is 1.53. The summed E-state index contributed by atoms with van der Waals surface area (Å²) in [4.78, 5) is 42.3. The summed E-state index contributed by atoms with van der Waals surface area (Å²) in [5.74, 6) is -1.29. The van der Waals surface area contributed by atoms with Crippen molar-refractivity contribution in [1.82, 2.24) is 4.90 Å². The van der Waals surface area contributed by atoms with E-state index in [0.717, 1.165) is 4.88 Å². The number of fused-ring (bicyclic) bond motifs is 1. The summed E-state index contributed by atoms with van der Waals surface area (Å²) < 4.78 is 4.87. The Morgan fingerprint density at radius 1 is 1.06 bits per heavy atom. The lowest BCUT2D eigenvalue weighted by molar-refractivity contribution is -0.119. The number of thiophene rings is 1. The Bertz CT molecular complexity index is 1170. The van der Waals surface area contributed by atoms with E-state index in [1.165, 1.54) is 18.4 Å². The number of para-hydroxylation sites is 1. The summed E-state index contributed by atoms with van der Waals surface area (Å²) in [6, 6.07) is 17.5. The molecule has 1 N–H and O–H groups in total. The number of anilines is 1. The van der Waals surface area contributed by atoms with Gasteiger partial charge in [0.15, 0.2) is 0 Å². The van der Waals surface area contributed by atoms with Crippen LogP contribution in [0.3, 0.4) is 0 Å². The van der Waals surface area contributed by atoms with Crippen molar-refractivity contribution in [3.63, 3.8) is 0 Å². The molecule has 4 rings (SSSR count). The lowest BCUT2D eigenvalue weighted by atomic mass is 9.81. The highest BCUT2D eigenvalue weighted by molar-refractivity contribution is 7.10. The highest BCUT2D eigenvalue weighted by atomic mass is 32.1. The van der Waals surface area contributed by atoms with Gasteiger partial charge in [-0.05, 0) is 41.1 Å². The van der Waals surface area contributed by atoms with E-state index in [0.29, 0.717) is 23.4 Å². The van der Waals surface area contributed by atoms with Crippen LogP contribution >= 0.6 is 11.3 Å². The maximum atomic E-state index is 13.8. The fraction of sp³-hybridized carbons (Fsp3) is 0.269. The molecule has 0 bridgehead atoms. The number of benzene rings is 2. The number of amides is 2. The number of rotatable bonds is 6. The number of carbonyl (C=O) groups excluding carboxylic acids is 3. The quantitative estimate of drug-likeness (QED) is 0.517. The molecule has 2 heterocycles. The first-order chi connectivity index (χ1) is 15.9. The molecule has 33 heavy (non-hydrogen) atoms. The van der Waals surface area contributed by atoms with E-state index < -0.39 is 17.9 Å². The van der Waals surface area contributed by atoms with E-state index in [2.05, 4.69) is 19.2 Å². The van der Waals surface area contributed by atoms with Crippen LogP contribution in [0.15, 0.2) is 66.0 Å². The molecule has 2 atom stereocenters. The molecule has 0 spiro atoms. The fourth-order valence-electron chi connectivity index (χ4n) is 4.34. The molecule has 1 aliphatic rings. The van der Waals surface area contributed by atoms with Crippen molar-refractivity contribution >= 4 is 34.8 Å². The van der Waals surface area contributed by atoms with Gasteiger partial charge in [0.1, 0.15) is 0 Å². The van der Waals surface area contributed by atoms with Gasteiger partial charge < -0.3 is 15.0 Å². The second kappa shape index (κ2) is 9.58. The van der Waals surface area contributed by atoms with Gasteiger partial charge in [0.05, 0.1) is 30.3 Å². The molecule has 3 aromatic rings. The smallest absolute Gasteiger partial charge is 0.339 e. The number of nitrogens with zero attached hydrogens (tertiary/aromatic N) is 1. The van der Waals surface area contributed by atoms with Crippen LogP contribution in [-0.2, 0) is 9.53 Å². The van der Waals surface area contributed by atoms with Crippen LogP contribution in [0.25, 0.3) is 0 Å². The van der Waals surface area contributed by atoms with Crippen molar-refractivity contribution in [3.05, 3.63) is 87.6 Å². The lowest BCUT2D eigenvalue weighted by Crippen LogP contribution is -2.47.